The molecule has 9 heteroatoms. The molecule has 4 aliphatic rings. The maximum atomic E-state index is 14.1. The van der Waals surface area contributed by atoms with Gasteiger partial charge in [0.15, 0.2) is 0 Å². The van der Waals surface area contributed by atoms with Crippen molar-refractivity contribution >= 4 is 33.7 Å². The lowest BCUT2D eigenvalue weighted by Crippen LogP contribution is -2.58. The second-order valence-electron chi connectivity index (χ2n) is 10.1. The number of likely N-dealkylation sites (tertiary alicyclic amines) is 1. The highest BCUT2D eigenvalue weighted by molar-refractivity contribution is 9.09. The first kappa shape index (κ1) is 24.7. The summed E-state index contributed by atoms with van der Waals surface area (Å²) in [6.07, 6.45) is 4.96. The van der Waals surface area contributed by atoms with Crippen molar-refractivity contribution in [3.63, 3.8) is 0 Å². The number of fused-ring (bicyclic) bond motifs is 1. The van der Waals surface area contributed by atoms with Crippen molar-refractivity contribution in [2.75, 3.05) is 13.2 Å². The van der Waals surface area contributed by atoms with Crippen LogP contribution in [0.5, 0.6) is 0 Å². The van der Waals surface area contributed by atoms with Crippen LogP contribution in [0.3, 0.4) is 0 Å². The molecule has 8 nitrogen and oxygen atoms in total. The summed E-state index contributed by atoms with van der Waals surface area (Å²) in [5.41, 5.74) is -0.429. The minimum absolute atomic E-state index is 0.0483. The van der Waals surface area contributed by atoms with Crippen molar-refractivity contribution in [1.29, 1.82) is 0 Å². The lowest BCUT2D eigenvalue weighted by Gasteiger charge is -2.38. The lowest BCUT2D eigenvalue weighted by molar-refractivity contribution is -0.155. The van der Waals surface area contributed by atoms with E-state index in [1.165, 1.54) is 4.90 Å². The van der Waals surface area contributed by atoms with Gasteiger partial charge in [-0.2, -0.15) is 0 Å². The normalized spacial score (nSPS) is 35.1. The van der Waals surface area contributed by atoms with E-state index < -0.39 is 41.6 Å². The molecule has 1 aromatic carbocycles. The largest absolute Gasteiger partial charge is 0.466 e. The number of ether oxygens (including phenoxy) is 2. The van der Waals surface area contributed by atoms with Crippen LogP contribution in [0.15, 0.2) is 30.3 Å². The summed E-state index contributed by atoms with van der Waals surface area (Å²) >= 11 is 3.66. The predicted octanol–water partition coefficient (Wildman–Crippen LogP) is 2.48. The molecule has 1 saturated carbocycles. The zero-order valence-electron chi connectivity index (χ0n) is 19.9. The maximum Gasteiger partial charge on any atom is 0.312 e. The molecule has 3 unspecified atom stereocenters. The number of nitrogens with zero attached hydrogens (tertiary/aromatic N) is 1. The van der Waals surface area contributed by atoms with Gasteiger partial charge in [0.1, 0.15) is 11.6 Å². The third-order valence-corrected chi connectivity index (χ3v) is 9.02. The van der Waals surface area contributed by atoms with Gasteiger partial charge in [0.05, 0.1) is 37.2 Å². The Morgan fingerprint density at radius 3 is 2.63 bits per heavy atom. The molecule has 3 heterocycles. The monoisotopic (exact) mass is 548 g/mol. The molecule has 2 amide bonds. The summed E-state index contributed by atoms with van der Waals surface area (Å²) in [6, 6.07) is 7.58. The summed E-state index contributed by atoms with van der Waals surface area (Å²) in [5, 5.41) is 13.6. The van der Waals surface area contributed by atoms with Crippen LogP contribution in [-0.2, 0) is 23.9 Å². The van der Waals surface area contributed by atoms with Crippen LogP contribution < -0.4 is 5.32 Å². The number of hydrogen-bond acceptors (Lipinski definition) is 6. The molecule has 3 aliphatic heterocycles. The van der Waals surface area contributed by atoms with Gasteiger partial charge >= 0.3 is 5.97 Å². The first-order valence-electron chi connectivity index (χ1n) is 12.7. The second kappa shape index (κ2) is 9.82. The van der Waals surface area contributed by atoms with Crippen molar-refractivity contribution < 1.29 is 29.0 Å². The zero-order chi connectivity index (χ0) is 24.7. The van der Waals surface area contributed by atoms with E-state index in [0.29, 0.717) is 6.42 Å². The van der Waals surface area contributed by atoms with Crippen LogP contribution in [0.4, 0.5) is 0 Å². The van der Waals surface area contributed by atoms with Crippen molar-refractivity contribution in [2.45, 2.75) is 80.1 Å². The van der Waals surface area contributed by atoms with Crippen molar-refractivity contribution in [2.24, 2.45) is 11.8 Å². The number of esters is 1. The third kappa shape index (κ3) is 4.00. The number of hydrogen-bond donors (Lipinski definition) is 2. The Morgan fingerprint density at radius 2 is 1.97 bits per heavy atom. The first-order valence-corrected chi connectivity index (χ1v) is 13.6. The molecule has 1 aromatic rings. The van der Waals surface area contributed by atoms with Gasteiger partial charge in [-0.15, -0.1) is 0 Å². The molecule has 2 bridgehead atoms. The molecule has 7 atom stereocenters. The smallest absolute Gasteiger partial charge is 0.312 e. The Kier molecular flexibility index (Phi) is 6.94. The molecule has 1 spiro atoms. The second-order valence-corrected chi connectivity index (χ2v) is 11.3. The number of amides is 2. The standard InChI is InChI=1S/C26H33BrN2O6/c1-2-34-25(33)19-20-24(32)29(18(14-30)15-9-5-3-6-10-15)22(26(20)13-17(27)21(19)35-26)23(31)28-16-11-7-4-8-12-16/h3,5-6,9-10,16-22,30H,2,4,7-8,11-14H2,1H3,(H,28,31)/t17?,18-,19-,20+,21-,22?,26?/m1/s1. The van der Waals surface area contributed by atoms with Crippen LogP contribution in [-0.4, -0.2) is 69.6 Å². The Labute approximate surface area is 213 Å². The van der Waals surface area contributed by atoms with Gasteiger partial charge in [-0.3, -0.25) is 14.4 Å². The summed E-state index contributed by atoms with van der Waals surface area (Å²) in [6.45, 7) is 1.58. The molecule has 1 aliphatic carbocycles. The fourth-order valence-electron chi connectivity index (χ4n) is 6.77. The number of benzene rings is 1. The van der Waals surface area contributed by atoms with Gasteiger partial charge in [-0.25, -0.2) is 0 Å². The SMILES string of the molecule is CCOC(=O)[C@H]1[C@@H]2OC3(CC2Br)C(C(=O)NC2CCCCC2)N([C@H](CO)c2ccccc2)C(=O)[C@H]13. The van der Waals surface area contributed by atoms with Crippen molar-refractivity contribution in [3.8, 4) is 0 Å². The molecule has 2 N–H and O–H groups in total. The predicted molar refractivity (Wildman–Crippen MR) is 130 cm³/mol. The van der Waals surface area contributed by atoms with Crippen LogP contribution in [0.2, 0.25) is 0 Å². The third-order valence-electron chi connectivity index (χ3n) is 8.18. The number of carbonyl (C=O) groups is 3. The highest BCUT2D eigenvalue weighted by Gasteiger charge is 2.77. The van der Waals surface area contributed by atoms with Crippen LogP contribution >= 0.6 is 15.9 Å². The summed E-state index contributed by atoms with van der Waals surface area (Å²) in [5.74, 6) is -2.72. The average molecular weight is 549 g/mol. The number of halogens is 1. The number of carbonyl (C=O) groups excluding carboxylic acids is 3. The molecular weight excluding hydrogens is 516 g/mol. The number of rotatable bonds is 7. The minimum atomic E-state index is -1.16. The topological polar surface area (TPSA) is 105 Å². The van der Waals surface area contributed by atoms with E-state index in [1.54, 1.807) is 6.92 Å². The van der Waals surface area contributed by atoms with E-state index in [1.807, 2.05) is 30.3 Å². The van der Waals surface area contributed by atoms with E-state index in [0.717, 1.165) is 37.7 Å². The van der Waals surface area contributed by atoms with Crippen LogP contribution in [0.25, 0.3) is 0 Å². The van der Waals surface area contributed by atoms with Crippen LogP contribution in [0.1, 0.15) is 57.1 Å². The summed E-state index contributed by atoms with van der Waals surface area (Å²) < 4.78 is 11.8. The molecule has 35 heavy (non-hydrogen) atoms. The van der Waals surface area contributed by atoms with Gasteiger partial charge in [-0.05, 0) is 31.7 Å². The van der Waals surface area contributed by atoms with E-state index >= 15 is 0 Å². The minimum Gasteiger partial charge on any atom is -0.466 e. The first-order chi connectivity index (χ1) is 16.9. The molecule has 5 rings (SSSR count). The summed E-state index contributed by atoms with van der Waals surface area (Å²) in [4.78, 5) is 42.4. The molecular formula is C26H33BrN2O6. The van der Waals surface area contributed by atoms with Gasteiger partial charge in [0, 0.05) is 10.9 Å². The molecule has 0 radical (unpaired) electrons. The van der Waals surface area contributed by atoms with Gasteiger partial charge < -0.3 is 24.8 Å². The highest BCUT2D eigenvalue weighted by Crippen LogP contribution is 2.61. The fourth-order valence-corrected chi connectivity index (χ4v) is 7.71. The molecule has 4 fully saturated rings. The van der Waals surface area contributed by atoms with Crippen molar-refractivity contribution in [3.05, 3.63) is 35.9 Å². The number of aliphatic hydroxyl groups is 1. The van der Waals surface area contributed by atoms with E-state index in [2.05, 4.69) is 21.2 Å². The Hall–Kier alpha value is -1.97. The van der Waals surface area contributed by atoms with Crippen LogP contribution in [0, 0.1) is 11.8 Å². The van der Waals surface area contributed by atoms with Crippen molar-refractivity contribution in [1.82, 2.24) is 10.2 Å². The fraction of sp³-hybridized carbons (Fsp3) is 0.654. The average Bonchev–Trinajstić information content (AvgIpc) is 3.45. The molecule has 190 valence electrons. The van der Waals surface area contributed by atoms with Gasteiger partial charge in [0.25, 0.3) is 0 Å². The lowest BCUT2D eigenvalue weighted by atomic mass is 9.70. The molecule has 3 saturated heterocycles. The quantitative estimate of drug-likeness (QED) is 0.400. The maximum absolute atomic E-state index is 14.1. The number of nitrogens with one attached hydrogen (secondary N) is 1. The number of aliphatic hydroxyl groups excluding tert-OH is 1. The highest BCUT2D eigenvalue weighted by atomic mass is 79.9. The molecule has 0 aromatic heterocycles. The van der Waals surface area contributed by atoms with E-state index in [9.17, 15) is 19.5 Å². The van der Waals surface area contributed by atoms with Gasteiger partial charge in [-0.1, -0.05) is 65.5 Å². The number of alkyl halides is 1. The zero-order valence-corrected chi connectivity index (χ0v) is 21.5. The van der Waals surface area contributed by atoms with E-state index in [-0.39, 0.29) is 35.9 Å². The summed E-state index contributed by atoms with van der Waals surface area (Å²) in [7, 11) is 0. The Morgan fingerprint density at radius 1 is 1.26 bits per heavy atom. The van der Waals surface area contributed by atoms with E-state index in [4.69, 9.17) is 9.47 Å². The van der Waals surface area contributed by atoms with Gasteiger partial charge in [0.2, 0.25) is 11.8 Å². The Balaban J connectivity index is 1.56. The Bertz CT molecular complexity index is 970.